The number of carbonyl (C=O) groups is 1. The monoisotopic (exact) mass is 301 g/mol. The van der Waals surface area contributed by atoms with E-state index in [0.717, 1.165) is 12.0 Å². The van der Waals surface area contributed by atoms with Gasteiger partial charge in [-0.15, -0.1) is 0 Å². The number of rotatable bonds is 5. The van der Waals surface area contributed by atoms with Gasteiger partial charge in [0.1, 0.15) is 0 Å². The molecule has 0 aliphatic heterocycles. The molecule has 1 N–H and O–H groups in total. The number of hydrogen-bond donors (Lipinski definition) is 1. The maximum absolute atomic E-state index is 11.9. The fraction of sp³-hybridized carbons (Fsp3) is 0.278. The van der Waals surface area contributed by atoms with Gasteiger partial charge < -0.3 is 5.32 Å². The van der Waals surface area contributed by atoms with Crippen LogP contribution in [0, 0.1) is 13.8 Å². The molecule has 0 atom stereocenters. The maximum atomic E-state index is 11.9. The molecule has 0 bridgehead atoms. The van der Waals surface area contributed by atoms with Gasteiger partial charge in [-0.1, -0.05) is 53.6 Å². The van der Waals surface area contributed by atoms with Gasteiger partial charge in [0.2, 0.25) is 5.91 Å². The van der Waals surface area contributed by atoms with Crippen molar-refractivity contribution in [2.45, 2.75) is 33.2 Å². The average molecular weight is 302 g/mol. The molecule has 21 heavy (non-hydrogen) atoms. The molecule has 2 aromatic rings. The summed E-state index contributed by atoms with van der Waals surface area (Å²) in [7, 11) is 0. The van der Waals surface area contributed by atoms with Crippen molar-refractivity contribution in [2.75, 3.05) is 0 Å². The van der Waals surface area contributed by atoms with Gasteiger partial charge in [-0.05, 0) is 43.0 Å². The van der Waals surface area contributed by atoms with Crippen LogP contribution in [0.5, 0.6) is 0 Å². The van der Waals surface area contributed by atoms with Crippen LogP contribution in [0.1, 0.15) is 28.7 Å². The molecule has 0 radical (unpaired) electrons. The molecule has 0 heterocycles. The Morgan fingerprint density at radius 3 is 2.57 bits per heavy atom. The zero-order chi connectivity index (χ0) is 15.2. The quantitative estimate of drug-likeness (QED) is 0.881. The summed E-state index contributed by atoms with van der Waals surface area (Å²) in [6, 6.07) is 13.9. The second-order valence-electron chi connectivity index (χ2n) is 5.30. The number of nitrogens with one attached hydrogen (secondary N) is 1. The first-order valence-electron chi connectivity index (χ1n) is 7.12. The minimum Gasteiger partial charge on any atom is -0.352 e. The normalized spacial score (nSPS) is 10.4. The van der Waals surface area contributed by atoms with Crippen LogP contribution in [-0.2, 0) is 17.8 Å². The Morgan fingerprint density at radius 2 is 1.86 bits per heavy atom. The van der Waals surface area contributed by atoms with Crippen molar-refractivity contribution in [3.63, 3.8) is 0 Å². The molecule has 0 saturated carbocycles. The van der Waals surface area contributed by atoms with Crippen LogP contribution in [0.2, 0.25) is 5.02 Å². The highest BCUT2D eigenvalue weighted by atomic mass is 35.5. The molecular weight excluding hydrogens is 282 g/mol. The number of halogens is 1. The van der Waals surface area contributed by atoms with E-state index in [-0.39, 0.29) is 5.91 Å². The molecule has 0 saturated heterocycles. The zero-order valence-corrected chi connectivity index (χ0v) is 13.2. The van der Waals surface area contributed by atoms with E-state index in [9.17, 15) is 4.79 Å². The van der Waals surface area contributed by atoms with Crippen LogP contribution < -0.4 is 5.32 Å². The van der Waals surface area contributed by atoms with Gasteiger partial charge in [-0.25, -0.2) is 0 Å². The summed E-state index contributed by atoms with van der Waals surface area (Å²) in [5.74, 6) is 0.0508. The standard InChI is InChI=1S/C18H20ClNO/c1-13-7-8-15(14(2)11-13)9-10-18(21)20-12-16-5-3-4-6-17(16)19/h3-8,11H,9-10,12H2,1-2H3,(H,20,21). The second kappa shape index (κ2) is 7.28. The molecule has 2 aromatic carbocycles. The van der Waals surface area contributed by atoms with Gasteiger partial charge in [0.15, 0.2) is 0 Å². The molecule has 0 aliphatic carbocycles. The van der Waals surface area contributed by atoms with Gasteiger partial charge in [0.05, 0.1) is 0 Å². The Hall–Kier alpha value is -1.80. The van der Waals surface area contributed by atoms with Crippen molar-refractivity contribution in [1.82, 2.24) is 5.32 Å². The molecule has 3 heteroatoms. The number of benzene rings is 2. The summed E-state index contributed by atoms with van der Waals surface area (Å²) in [5, 5.41) is 3.60. The predicted octanol–water partition coefficient (Wildman–Crippen LogP) is 4.21. The van der Waals surface area contributed by atoms with Gasteiger partial charge in [-0.3, -0.25) is 4.79 Å². The van der Waals surface area contributed by atoms with Crippen molar-refractivity contribution in [1.29, 1.82) is 0 Å². The third-order valence-corrected chi connectivity index (χ3v) is 3.92. The van der Waals surface area contributed by atoms with E-state index >= 15 is 0 Å². The fourth-order valence-electron chi connectivity index (χ4n) is 2.30. The van der Waals surface area contributed by atoms with Gasteiger partial charge in [0, 0.05) is 18.0 Å². The van der Waals surface area contributed by atoms with Crippen molar-refractivity contribution < 1.29 is 4.79 Å². The smallest absolute Gasteiger partial charge is 0.220 e. The third-order valence-electron chi connectivity index (χ3n) is 3.55. The van der Waals surface area contributed by atoms with Crippen LogP contribution in [-0.4, -0.2) is 5.91 Å². The Bertz CT molecular complexity index is 637. The Balaban J connectivity index is 1.84. The van der Waals surface area contributed by atoms with Crippen LogP contribution in [0.25, 0.3) is 0 Å². The molecule has 0 spiro atoms. The van der Waals surface area contributed by atoms with Crippen LogP contribution in [0.4, 0.5) is 0 Å². The molecule has 0 aromatic heterocycles. The van der Waals surface area contributed by atoms with E-state index in [1.54, 1.807) is 0 Å². The maximum Gasteiger partial charge on any atom is 0.220 e. The molecule has 0 unspecified atom stereocenters. The SMILES string of the molecule is Cc1ccc(CCC(=O)NCc2ccccc2Cl)c(C)c1. The second-order valence-corrected chi connectivity index (χ2v) is 5.71. The van der Waals surface area contributed by atoms with Crippen molar-refractivity contribution in [3.8, 4) is 0 Å². The summed E-state index contributed by atoms with van der Waals surface area (Å²) in [6.07, 6.45) is 1.26. The first-order chi connectivity index (χ1) is 10.1. The van der Waals surface area contributed by atoms with Crippen LogP contribution >= 0.6 is 11.6 Å². The summed E-state index contributed by atoms with van der Waals surface area (Å²) in [6.45, 7) is 4.64. The van der Waals surface area contributed by atoms with E-state index < -0.39 is 0 Å². The number of amides is 1. The molecule has 110 valence electrons. The molecule has 2 nitrogen and oxygen atoms in total. The zero-order valence-electron chi connectivity index (χ0n) is 12.4. The van der Waals surface area contributed by atoms with Crippen molar-refractivity contribution in [2.24, 2.45) is 0 Å². The molecule has 2 rings (SSSR count). The first-order valence-corrected chi connectivity index (χ1v) is 7.50. The minimum absolute atomic E-state index is 0.0508. The number of aryl methyl sites for hydroxylation is 3. The van der Waals surface area contributed by atoms with Gasteiger partial charge in [-0.2, -0.15) is 0 Å². The first kappa shape index (κ1) is 15.6. The van der Waals surface area contributed by atoms with Crippen molar-refractivity contribution >= 4 is 17.5 Å². The van der Waals surface area contributed by atoms with Gasteiger partial charge in [0.25, 0.3) is 0 Å². The molecule has 0 aliphatic rings. The lowest BCUT2D eigenvalue weighted by Gasteiger charge is -2.09. The molecule has 1 amide bonds. The molecule has 0 fully saturated rings. The van der Waals surface area contributed by atoms with E-state index in [4.69, 9.17) is 11.6 Å². The Labute approximate surface area is 131 Å². The number of hydrogen-bond acceptors (Lipinski definition) is 1. The van der Waals surface area contributed by atoms with E-state index in [0.29, 0.717) is 18.0 Å². The Morgan fingerprint density at radius 1 is 1.10 bits per heavy atom. The Kier molecular flexibility index (Phi) is 5.40. The molecular formula is C18H20ClNO. The lowest BCUT2D eigenvalue weighted by Crippen LogP contribution is -2.23. The predicted molar refractivity (Wildman–Crippen MR) is 87.5 cm³/mol. The highest BCUT2D eigenvalue weighted by Crippen LogP contribution is 2.15. The van der Waals surface area contributed by atoms with E-state index in [1.807, 2.05) is 24.3 Å². The summed E-state index contributed by atoms with van der Waals surface area (Å²) < 4.78 is 0. The summed E-state index contributed by atoms with van der Waals surface area (Å²) >= 11 is 6.06. The lowest BCUT2D eigenvalue weighted by atomic mass is 10.0. The lowest BCUT2D eigenvalue weighted by molar-refractivity contribution is -0.121. The highest BCUT2D eigenvalue weighted by molar-refractivity contribution is 6.31. The highest BCUT2D eigenvalue weighted by Gasteiger charge is 2.06. The van der Waals surface area contributed by atoms with Gasteiger partial charge >= 0.3 is 0 Å². The van der Waals surface area contributed by atoms with Crippen LogP contribution in [0.3, 0.4) is 0 Å². The summed E-state index contributed by atoms with van der Waals surface area (Å²) in [4.78, 5) is 11.9. The number of carbonyl (C=O) groups excluding carboxylic acids is 1. The average Bonchev–Trinajstić information content (AvgIpc) is 2.45. The largest absolute Gasteiger partial charge is 0.352 e. The van der Waals surface area contributed by atoms with E-state index in [2.05, 4.69) is 37.4 Å². The van der Waals surface area contributed by atoms with Crippen molar-refractivity contribution in [3.05, 3.63) is 69.7 Å². The van der Waals surface area contributed by atoms with Crippen LogP contribution in [0.15, 0.2) is 42.5 Å². The van der Waals surface area contributed by atoms with E-state index in [1.165, 1.54) is 16.7 Å². The fourth-order valence-corrected chi connectivity index (χ4v) is 2.50. The minimum atomic E-state index is 0.0508. The topological polar surface area (TPSA) is 29.1 Å². The third kappa shape index (κ3) is 4.61. The summed E-state index contributed by atoms with van der Waals surface area (Å²) in [5.41, 5.74) is 4.67.